The highest BCUT2D eigenvalue weighted by atomic mass is 32.1. The number of carbonyl (C=O) groups is 2. The molecule has 0 aromatic heterocycles. The van der Waals surface area contributed by atoms with Gasteiger partial charge >= 0.3 is 0 Å². The highest BCUT2D eigenvalue weighted by Gasteiger charge is 2.34. The quantitative estimate of drug-likeness (QED) is 0.255. The molecule has 1 saturated heterocycles. The molecule has 33 heavy (non-hydrogen) atoms. The van der Waals surface area contributed by atoms with E-state index in [2.05, 4.69) is 5.32 Å². The van der Waals surface area contributed by atoms with E-state index >= 15 is 0 Å². The average Bonchev–Trinajstić information content (AvgIpc) is 2.83. The first-order chi connectivity index (χ1) is 16.1. The van der Waals surface area contributed by atoms with Crippen molar-refractivity contribution in [2.45, 2.75) is 0 Å². The number of amides is 2. The zero-order chi connectivity index (χ0) is 22.8. The van der Waals surface area contributed by atoms with Crippen molar-refractivity contribution < 1.29 is 14.3 Å². The minimum absolute atomic E-state index is 0.0181. The third-order valence-electron chi connectivity index (χ3n) is 5.30. The van der Waals surface area contributed by atoms with Crippen molar-refractivity contribution in [2.24, 2.45) is 0 Å². The third-order valence-corrected chi connectivity index (χ3v) is 5.58. The third kappa shape index (κ3) is 4.12. The fraction of sp³-hybridized carbons (Fsp3) is 0. The molecule has 5 nitrogen and oxygen atoms in total. The van der Waals surface area contributed by atoms with Crippen molar-refractivity contribution in [1.29, 1.82) is 0 Å². The van der Waals surface area contributed by atoms with Gasteiger partial charge in [-0.25, -0.2) is 0 Å². The molecule has 160 valence electrons. The van der Waals surface area contributed by atoms with E-state index in [1.54, 1.807) is 30.3 Å². The highest BCUT2D eigenvalue weighted by molar-refractivity contribution is 7.80. The summed E-state index contributed by atoms with van der Waals surface area (Å²) in [6, 6.07) is 30.0. The molecule has 0 unspecified atom stereocenters. The Balaban J connectivity index is 1.46. The Kier molecular flexibility index (Phi) is 5.42. The topological polar surface area (TPSA) is 58.6 Å². The summed E-state index contributed by atoms with van der Waals surface area (Å²) in [7, 11) is 0. The summed E-state index contributed by atoms with van der Waals surface area (Å²) in [5, 5.41) is 4.65. The Labute approximate surface area is 195 Å². The molecule has 1 aliphatic rings. The number of carbonyl (C=O) groups excluding carboxylic acids is 2. The van der Waals surface area contributed by atoms with Crippen LogP contribution in [0.3, 0.4) is 0 Å². The van der Waals surface area contributed by atoms with E-state index in [1.807, 2.05) is 72.8 Å². The van der Waals surface area contributed by atoms with Crippen LogP contribution in [0.5, 0.6) is 11.5 Å². The summed E-state index contributed by atoms with van der Waals surface area (Å²) >= 11 is 5.31. The lowest BCUT2D eigenvalue weighted by Crippen LogP contribution is -2.54. The van der Waals surface area contributed by atoms with E-state index in [0.717, 1.165) is 16.3 Å². The molecule has 0 atom stereocenters. The van der Waals surface area contributed by atoms with Crippen LogP contribution in [0.25, 0.3) is 16.8 Å². The van der Waals surface area contributed by atoms with Gasteiger partial charge in [0.1, 0.15) is 17.1 Å². The minimum Gasteiger partial charge on any atom is -0.457 e. The number of benzene rings is 4. The van der Waals surface area contributed by atoms with Crippen LogP contribution in [0.4, 0.5) is 5.69 Å². The molecule has 0 radical (unpaired) electrons. The van der Waals surface area contributed by atoms with Crippen molar-refractivity contribution in [3.05, 3.63) is 108 Å². The largest absolute Gasteiger partial charge is 0.457 e. The molecule has 5 rings (SSSR count). The molecule has 6 heteroatoms. The first-order valence-corrected chi connectivity index (χ1v) is 10.7. The van der Waals surface area contributed by atoms with E-state index in [4.69, 9.17) is 17.0 Å². The van der Waals surface area contributed by atoms with Gasteiger partial charge in [-0.15, -0.1) is 0 Å². The van der Waals surface area contributed by atoms with Gasteiger partial charge in [0.15, 0.2) is 5.11 Å². The smallest absolute Gasteiger partial charge is 0.270 e. The molecule has 0 spiro atoms. The van der Waals surface area contributed by atoms with Gasteiger partial charge in [-0.05, 0) is 71.0 Å². The zero-order valence-electron chi connectivity index (χ0n) is 17.4. The SMILES string of the molecule is O=C1NC(=S)N(c2ccc(Oc3ccccc3)cc2)C(=O)C1=Cc1cccc2ccccc12. The van der Waals surface area contributed by atoms with Crippen molar-refractivity contribution >= 4 is 51.7 Å². The maximum atomic E-state index is 13.3. The normalized spacial score (nSPS) is 15.1. The van der Waals surface area contributed by atoms with Crippen LogP contribution < -0.4 is 15.0 Å². The van der Waals surface area contributed by atoms with E-state index in [9.17, 15) is 9.59 Å². The first kappa shape index (κ1) is 20.6. The van der Waals surface area contributed by atoms with Crippen molar-refractivity contribution in [3.8, 4) is 11.5 Å². The first-order valence-electron chi connectivity index (χ1n) is 10.3. The number of hydrogen-bond donors (Lipinski definition) is 1. The second-order valence-corrected chi connectivity index (χ2v) is 7.82. The van der Waals surface area contributed by atoms with E-state index in [-0.39, 0.29) is 10.7 Å². The zero-order valence-corrected chi connectivity index (χ0v) is 18.2. The second kappa shape index (κ2) is 8.68. The maximum absolute atomic E-state index is 13.3. The van der Waals surface area contributed by atoms with Crippen LogP contribution in [0.2, 0.25) is 0 Å². The molecule has 0 aliphatic carbocycles. The molecule has 0 saturated carbocycles. The molecular formula is C27H18N2O3S. The molecule has 1 aliphatic heterocycles. The van der Waals surface area contributed by atoms with Crippen LogP contribution in [0, 0.1) is 0 Å². The summed E-state index contributed by atoms with van der Waals surface area (Å²) in [5.41, 5.74) is 1.34. The number of fused-ring (bicyclic) bond motifs is 1. The van der Waals surface area contributed by atoms with Crippen LogP contribution in [-0.2, 0) is 9.59 Å². The summed E-state index contributed by atoms with van der Waals surface area (Å²) in [6.45, 7) is 0. The Morgan fingerprint density at radius 1 is 0.758 bits per heavy atom. The molecule has 4 aromatic rings. The molecule has 0 bridgehead atoms. The Hall–Kier alpha value is -4.29. The Bertz CT molecular complexity index is 1410. The molecule has 4 aromatic carbocycles. The molecular weight excluding hydrogens is 432 g/mol. The number of nitrogens with zero attached hydrogens (tertiary/aromatic N) is 1. The number of nitrogens with one attached hydrogen (secondary N) is 1. The summed E-state index contributed by atoms with van der Waals surface area (Å²) in [4.78, 5) is 27.3. The van der Waals surface area contributed by atoms with Crippen molar-refractivity contribution in [1.82, 2.24) is 5.32 Å². The van der Waals surface area contributed by atoms with Crippen LogP contribution in [0.1, 0.15) is 5.56 Å². The van der Waals surface area contributed by atoms with Gasteiger partial charge in [0.2, 0.25) is 0 Å². The minimum atomic E-state index is -0.516. The average molecular weight is 451 g/mol. The van der Waals surface area contributed by atoms with Crippen LogP contribution in [0.15, 0.2) is 103 Å². The van der Waals surface area contributed by atoms with Gasteiger partial charge in [-0.3, -0.25) is 19.8 Å². The van der Waals surface area contributed by atoms with Crippen LogP contribution >= 0.6 is 12.2 Å². The summed E-state index contributed by atoms with van der Waals surface area (Å²) < 4.78 is 5.82. The van der Waals surface area contributed by atoms with E-state index < -0.39 is 11.8 Å². The molecule has 1 fully saturated rings. The lowest BCUT2D eigenvalue weighted by atomic mass is 10.0. The fourth-order valence-corrected chi connectivity index (χ4v) is 3.99. The molecule has 1 N–H and O–H groups in total. The lowest BCUT2D eigenvalue weighted by molar-refractivity contribution is -0.122. The highest BCUT2D eigenvalue weighted by Crippen LogP contribution is 2.28. The predicted octanol–water partition coefficient (Wildman–Crippen LogP) is 5.46. The molecule has 2 amide bonds. The number of thiocarbonyl (C=S) groups is 1. The van der Waals surface area contributed by atoms with Gasteiger partial charge in [0, 0.05) is 0 Å². The Morgan fingerprint density at radius 3 is 2.21 bits per heavy atom. The predicted molar refractivity (Wildman–Crippen MR) is 133 cm³/mol. The van der Waals surface area contributed by atoms with E-state index in [0.29, 0.717) is 17.2 Å². The van der Waals surface area contributed by atoms with Crippen molar-refractivity contribution in [3.63, 3.8) is 0 Å². The maximum Gasteiger partial charge on any atom is 0.270 e. The van der Waals surface area contributed by atoms with Gasteiger partial charge in [0.25, 0.3) is 11.8 Å². The standard InChI is InChI=1S/C27H18N2O3S/c30-25-24(17-19-9-6-8-18-7-4-5-12-23(18)19)26(31)29(27(33)28-25)20-13-15-22(16-14-20)32-21-10-2-1-3-11-21/h1-17H,(H,28,30,33). The summed E-state index contributed by atoms with van der Waals surface area (Å²) in [5.74, 6) is 0.338. The van der Waals surface area contributed by atoms with Crippen molar-refractivity contribution in [2.75, 3.05) is 4.90 Å². The van der Waals surface area contributed by atoms with Gasteiger partial charge in [-0.1, -0.05) is 60.7 Å². The number of hydrogen-bond acceptors (Lipinski definition) is 4. The Morgan fingerprint density at radius 2 is 1.42 bits per heavy atom. The summed E-state index contributed by atoms with van der Waals surface area (Å²) in [6.07, 6.45) is 1.61. The van der Waals surface area contributed by atoms with Gasteiger partial charge in [0.05, 0.1) is 5.69 Å². The monoisotopic (exact) mass is 450 g/mol. The number of ether oxygens (including phenoxy) is 1. The number of para-hydroxylation sites is 1. The number of rotatable bonds is 4. The number of anilines is 1. The molecule has 1 heterocycles. The fourth-order valence-electron chi connectivity index (χ4n) is 3.71. The van der Waals surface area contributed by atoms with Gasteiger partial charge in [-0.2, -0.15) is 0 Å². The second-order valence-electron chi connectivity index (χ2n) is 7.44. The van der Waals surface area contributed by atoms with Crippen LogP contribution in [-0.4, -0.2) is 16.9 Å². The van der Waals surface area contributed by atoms with Gasteiger partial charge < -0.3 is 4.74 Å². The van der Waals surface area contributed by atoms with E-state index in [1.165, 1.54) is 4.90 Å². The lowest BCUT2D eigenvalue weighted by Gasteiger charge is -2.29.